The van der Waals surface area contributed by atoms with E-state index in [1.54, 1.807) is 6.20 Å². The number of para-hydroxylation sites is 1. The number of amides is 1. The number of aryl methyl sites for hydroxylation is 3. The van der Waals surface area contributed by atoms with E-state index in [1.807, 2.05) is 42.6 Å². The summed E-state index contributed by atoms with van der Waals surface area (Å²) in [6, 6.07) is 33.1. The van der Waals surface area contributed by atoms with Crippen molar-refractivity contribution in [1.29, 1.82) is 0 Å². The standard InChI is InChI=1S/C36H36N6O/c1-2-26-15-17-28(18-16-26)25-42-34(20-19-27-10-4-3-5-11-27)40-41-36(42)32(31-23-38-33-14-7-6-13-30(31)33)24-39-35(43)22-29-12-8-9-21-37-29/h3-18,21,23,32,38H,2,19-20,22,24-25H2,1H3,(H,39,43). The Labute approximate surface area is 252 Å². The summed E-state index contributed by atoms with van der Waals surface area (Å²) in [4.78, 5) is 20.8. The minimum Gasteiger partial charge on any atom is -0.361 e. The van der Waals surface area contributed by atoms with Gasteiger partial charge >= 0.3 is 0 Å². The molecule has 0 bridgehead atoms. The van der Waals surface area contributed by atoms with Crippen LogP contribution in [0, 0.1) is 0 Å². The van der Waals surface area contributed by atoms with E-state index in [0.717, 1.165) is 53.1 Å². The second kappa shape index (κ2) is 13.3. The lowest BCUT2D eigenvalue weighted by atomic mass is 9.96. The molecular formula is C36H36N6O. The van der Waals surface area contributed by atoms with Crippen molar-refractivity contribution < 1.29 is 4.79 Å². The zero-order chi connectivity index (χ0) is 29.4. The van der Waals surface area contributed by atoms with Crippen LogP contribution >= 0.6 is 0 Å². The Kier molecular flexibility index (Phi) is 8.69. The number of fused-ring (bicyclic) bond motifs is 1. The van der Waals surface area contributed by atoms with Crippen LogP contribution in [-0.2, 0) is 37.0 Å². The van der Waals surface area contributed by atoms with E-state index in [0.29, 0.717) is 13.1 Å². The van der Waals surface area contributed by atoms with E-state index >= 15 is 0 Å². The SMILES string of the molecule is CCc1ccc(Cn2c(CCc3ccccc3)nnc2C(CNC(=O)Cc2ccccn2)c2c[nH]c3ccccc23)cc1. The number of hydrogen-bond acceptors (Lipinski definition) is 4. The lowest BCUT2D eigenvalue weighted by Gasteiger charge is -2.20. The maximum absolute atomic E-state index is 13.1. The van der Waals surface area contributed by atoms with E-state index in [-0.39, 0.29) is 18.2 Å². The molecule has 0 aliphatic heterocycles. The summed E-state index contributed by atoms with van der Waals surface area (Å²) in [5, 5.41) is 13.9. The Hall–Kier alpha value is -5.04. The molecule has 1 atom stereocenters. The van der Waals surface area contributed by atoms with Crippen LogP contribution in [0.2, 0.25) is 0 Å². The number of nitrogens with zero attached hydrogens (tertiary/aromatic N) is 4. The van der Waals surface area contributed by atoms with Gasteiger partial charge in [0.2, 0.25) is 5.91 Å². The number of H-pyrrole nitrogens is 1. The number of carbonyl (C=O) groups is 1. The van der Waals surface area contributed by atoms with Gasteiger partial charge in [-0.1, -0.05) is 85.8 Å². The molecule has 0 saturated heterocycles. The van der Waals surface area contributed by atoms with Crippen molar-refractivity contribution >= 4 is 16.8 Å². The average molecular weight is 569 g/mol. The Morgan fingerprint density at radius 3 is 2.40 bits per heavy atom. The van der Waals surface area contributed by atoms with Gasteiger partial charge in [0, 0.05) is 42.0 Å². The second-order valence-electron chi connectivity index (χ2n) is 10.9. The lowest BCUT2D eigenvalue weighted by molar-refractivity contribution is -0.120. The summed E-state index contributed by atoms with van der Waals surface area (Å²) < 4.78 is 2.25. The monoisotopic (exact) mass is 568 g/mol. The summed E-state index contributed by atoms with van der Waals surface area (Å²) in [5.41, 5.74) is 6.64. The third kappa shape index (κ3) is 6.72. The number of pyridine rings is 1. The van der Waals surface area contributed by atoms with Gasteiger partial charge in [-0.25, -0.2) is 0 Å². The van der Waals surface area contributed by atoms with E-state index in [9.17, 15) is 4.79 Å². The first-order chi connectivity index (χ1) is 21.2. The normalized spacial score (nSPS) is 11.9. The number of rotatable bonds is 12. The van der Waals surface area contributed by atoms with Crippen LogP contribution in [0.25, 0.3) is 10.9 Å². The molecule has 7 heteroatoms. The van der Waals surface area contributed by atoms with Crippen molar-refractivity contribution in [2.45, 2.75) is 45.1 Å². The largest absolute Gasteiger partial charge is 0.361 e. The van der Waals surface area contributed by atoms with Gasteiger partial charge in [-0.3, -0.25) is 9.78 Å². The summed E-state index contributed by atoms with van der Waals surface area (Å²) >= 11 is 0. The van der Waals surface area contributed by atoms with E-state index in [2.05, 4.69) is 87.4 Å². The maximum Gasteiger partial charge on any atom is 0.226 e. The Morgan fingerprint density at radius 2 is 1.60 bits per heavy atom. The van der Waals surface area contributed by atoms with Crippen molar-refractivity contribution in [2.75, 3.05) is 6.54 Å². The highest BCUT2D eigenvalue weighted by molar-refractivity contribution is 5.84. The van der Waals surface area contributed by atoms with E-state index in [1.165, 1.54) is 16.7 Å². The highest BCUT2D eigenvalue weighted by Crippen LogP contribution is 2.31. The molecule has 6 aromatic rings. The van der Waals surface area contributed by atoms with Gasteiger partial charge in [0.25, 0.3) is 0 Å². The summed E-state index contributed by atoms with van der Waals surface area (Å²) in [6.07, 6.45) is 6.60. The second-order valence-corrected chi connectivity index (χ2v) is 10.9. The fourth-order valence-corrected chi connectivity index (χ4v) is 5.60. The average Bonchev–Trinajstić information content (AvgIpc) is 3.66. The molecule has 0 saturated carbocycles. The molecule has 0 radical (unpaired) electrons. The molecule has 0 aliphatic rings. The zero-order valence-corrected chi connectivity index (χ0v) is 24.4. The number of nitrogens with one attached hydrogen (secondary N) is 2. The minimum absolute atomic E-state index is 0.0749. The highest BCUT2D eigenvalue weighted by Gasteiger charge is 2.26. The van der Waals surface area contributed by atoms with Crippen LogP contribution in [0.3, 0.4) is 0 Å². The maximum atomic E-state index is 13.1. The topological polar surface area (TPSA) is 88.5 Å². The van der Waals surface area contributed by atoms with Gasteiger partial charge < -0.3 is 14.9 Å². The minimum atomic E-state index is -0.211. The summed E-state index contributed by atoms with van der Waals surface area (Å²) in [6.45, 7) is 3.21. The van der Waals surface area contributed by atoms with Crippen molar-refractivity contribution in [3.8, 4) is 0 Å². The molecule has 7 nitrogen and oxygen atoms in total. The van der Waals surface area contributed by atoms with E-state index < -0.39 is 0 Å². The number of aromatic nitrogens is 5. The van der Waals surface area contributed by atoms with Gasteiger partial charge in [0.15, 0.2) is 0 Å². The first-order valence-electron chi connectivity index (χ1n) is 14.9. The number of benzene rings is 3. The summed E-state index contributed by atoms with van der Waals surface area (Å²) in [7, 11) is 0. The zero-order valence-electron chi connectivity index (χ0n) is 24.4. The number of hydrogen-bond donors (Lipinski definition) is 2. The number of carbonyl (C=O) groups excluding carboxylic acids is 1. The van der Waals surface area contributed by atoms with E-state index in [4.69, 9.17) is 10.2 Å². The first kappa shape index (κ1) is 28.1. The van der Waals surface area contributed by atoms with Crippen molar-refractivity contribution in [2.24, 2.45) is 0 Å². The Morgan fingerprint density at radius 1 is 0.837 bits per heavy atom. The molecule has 216 valence electrons. The quantitative estimate of drug-likeness (QED) is 0.188. The Bertz CT molecular complexity index is 1770. The van der Waals surface area contributed by atoms with Crippen LogP contribution < -0.4 is 5.32 Å². The molecule has 0 spiro atoms. The fraction of sp³-hybridized carbons (Fsp3) is 0.222. The molecule has 3 aromatic heterocycles. The van der Waals surface area contributed by atoms with Crippen LogP contribution in [0.15, 0.2) is 109 Å². The van der Waals surface area contributed by atoms with Gasteiger partial charge in [-0.2, -0.15) is 0 Å². The molecule has 43 heavy (non-hydrogen) atoms. The smallest absolute Gasteiger partial charge is 0.226 e. The third-order valence-electron chi connectivity index (χ3n) is 7.99. The van der Waals surface area contributed by atoms with Crippen LogP contribution in [0.1, 0.15) is 52.4 Å². The van der Waals surface area contributed by atoms with Gasteiger partial charge in [0.1, 0.15) is 11.6 Å². The molecule has 0 aliphatic carbocycles. The molecule has 3 aromatic carbocycles. The molecular weight excluding hydrogens is 532 g/mol. The van der Waals surface area contributed by atoms with Crippen molar-refractivity contribution in [3.63, 3.8) is 0 Å². The molecule has 3 heterocycles. The van der Waals surface area contributed by atoms with Crippen LogP contribution in [-0.4, -0.2) is 37.2 Å². The van der Waals surface area contributed by atoms with Crippen LogP contribution in [0.4, 0.5) is 0 Å². The van der Waals surface area contributed by atoms with Gasteiger partial charge in [0.05, 0.1) is 18.9 Å². The number of aromatic amines is 1. The molecule has 2 N–H and O–H groups in total. The lowest BCUT2D eigenvalue weighted by Crippen LogP contribution is -2.31. The first-order valence-corrected chi connectivity index (χ1v) is 14.9. The predicted molar refractivity (Wildman–Crippen MR) is 170 cm³/mol. The van der Waals surface area contributed by atoms with Gasteiger partial charge in [-0.05, 0) is 53.3 Å². The summed E-state index contributed by atoms with van der Waals surface area (Å²) in [5.74, 6) is 1.49. The Balaban J connectivity index is 1.36. The molecule has 0 fully saturated rings. The predicted octanol–water partition coefficient (Wildman–Crippen LogP) is 6.04. The third-order valence-corrected chi connectivity index (χ3v) is 7.99. The van der Waals surface area contributed by atoms with Crippen molar-refractivity contribution in [3.05, 3.63) is 149 Å². The molecule has 1 amide bonds. The van der Waals surface area contributed by atoms with Gasteiger partial charge in [-0.15, -0.1) is 10.2 Å². The fourth-order valence-electron chi connectivity index (χ4n) is 5.60. The van der Waals surface area contributed by atoms with Crippen molar-refractivity contribution in [1.82, 2.24) is 30.0 Å². The van der Waals surface area contributed by atoms with Crippen LogP contribution in [0.5, 0.6) is 0 Å². The molecule has 6 rings (SSSR count). The molecule has 1 unspecified atom stereocenters. The highest BCUT2D eigenvalue weighted by atomic mass is 16.1.